The summed E-state index contributed by atoms with van der Waals surface area (Å²) in [5.74, 6) is 0.216. The summed E-state index contributed by atoms with van der Waals surface area (Å²) in [6.07, 6.45) is 2.40. The summed E-state index contributed by atoms with van der Waals surface area (Å²) < 4.78 is 26.0. The quantitative estimate of drug-likeness (QED) is 0.853. The van der Waals surface area contributed by atoms with Crippen molar-refractivity contribution in [3.8, 4) is 0 Å². The first-order valence-corrected chi connectivity index (χ1v) is 8.29. The highest BCUT2D eigenvalue weighted by molar-refractivity contribution is 7.89. The van der Waals surface area contributed by atoms with Gasteiger partial charge in [-0.2, -0.15) is 4.31 Å². The van der Waals surface area contributed by atoms with Crippen molar-refractivity contribution < 1.29 is 8.42 Å². The van der Waals surface area contributed by atoms with E-state index in [0.717, 1.165) is 18.4 Å². The molecule has 1 aromatic rings. The average molecular weight is 288 g/mol. The molecular formula is C13H18ClNO2S. The summed E-state index contributed by atoms with van der Waals surface area (Å²) in [5, 5.41) is 0.654. The second kappa shape index (κ2) is 5.59. The molecule has 0 aromatic heterocycles. The monoisotopic (exact) mass is 287 g/mol. The molecule has 1 saturated heterocycles. The molecule has 100 valence electrons. The summed E-state index contributed by atoms with van der Waals surface area (Å²) in [4.78, 5) is 0. The molecule has 0 N–H and O–H groups in total. The molecule has 3 nitrogen and oxygen atoms in total. The maximum absolute atomic E-state index is 12.2. The SMILES string of the molecule is CCCS(=O)(=O)N1CCC[C@@H]1c1ccccc1Cl. The Hall–Kier alpha value is -0.580. The van der Waals surface area contributed by atoms with Gasteiger partial charge in [0.05, 0.1) is 11.8 Å². The van der Waals surface area contributed by atoms with E-state index in [-0.39, 0.29) is 11.8 Å². The van der Waals surface area contributed by atoms with Crippen LogP contribution < -0.4 is 0 Å². The zero-order valence-corrected chi connectivity index (χ0v) is 12.0. The zero-order chi connectivity index (χ0) is 13.2. The molecular weight excluding hydrogens is 270 g/mol. The Morgan fingerprint density at radius 1 is 1.39 bits per heavy atom. The summed E-state index contributed by atoms with van der Waals surface area (Å²) in [5.41, 5.74) is 0.927. The van der Waals surface area contributed by atoms with Crippen molar-refractivity contribution in [2.45, 2.75) is 32.2 Å². The molecule has 1 atom stereocenters. The van der Waals surface area contributed by atoms with Gasteiger partial charge in [0.1, 0.15) is 0 Å². The molecule has 1 aromatic carbocycles. The molecule has 2 rings (SSSR count). The van der Waals surface area contributed by atoms with E-state index in [1.165, 1.54) is 0 Å². The lowest BCUT2D eigenvalue weighted by Crippen LogP contribution is -2.32. The van der Waals surface area contributed by atoms with Crippen LogP contribution in [0.3, 0.4) is 0 Å². The number of sulfonamides is 1. The molecule has 1 aliphatic rings. The van der Waals surface area contributed by atoms with Gasteiger partial charge in [0.25, 0.3) is 0 Å². The van der Waals surface area contributed by atoms with Crippen LogP contribution >= 0.6 is 11.6 Å². The van der Waals surface area contributed by atoms with Crippen LogP contribution in [-0.4, -0.2) is 25.0 Å². The minimum Gasteiger partial charge on any atom is -0.212 e. The van der Waals surface area contributed by atoms with Gasteiger partial charge in [-0.1, -0.05) is 36.7 Å². The third kappa shape index (κ3) is 2.71. The lowest BCUT2D eigenvalue weighted by atomic mass is 10.1. The topological polar surface area (TPSA) is 37.4 Å². The van der Waals surface area contributed by atoms with E-state index >= 15 is 0 Å². The molecule has 1 aliphatic heterocycles. The Labute approximate surface area is 114 Å². The van der Waals surface area contributed by atoms with E-state index in [1.54, 1.807) is 4.31 Å². The van der Waals surface area contributed by atoms with E-state index in [4.69, 9.17) is 11.6 Å². The molecule has 1 heterocycles. The fraction of sp³-hybridized carbons (Fsp3) is 0.538. The summed E-state index contributed by atoms with van der Waals surface area (Å²) in [6.45, 7) is 2.50. The Morgan fingerprint density at radius 3 is 2.78 bits per heavy atom. The second-order valence-electron chi connectivity index (χ2n) is 4.61. The Morgan fingerprint density at radius 2 is 2.11 bits per heavy atom. The van der Waals surface area contributed by atoms with Crippen LogP contribution in [0, 0.1) is 0 Å². The molecule has 0 bridgehead atoms. The molecule has 5 heteroatoms. The van der Waals surface area contributed by atoms with Crippen molar-refractivity contribution in [2.24, 2.45) is 0 Å². The van der Waals surface area contributed by atoms with Gasteiger partial charge in [-0.3, -0.25) is 0 Å². The van der Waals surface area contributed by atoms with Gasteiger partial charge in [0, 0.05) is 11.6 Å². The first-order valence-electron chi connectivity index (χ1n) is 6.30. The predicted octanol–water partition coefficient (Wildman–Crippen LogP) is 3.22. The van der Waals surface area contributed by atoms with Gasteiger partial charge in [-0.05, 0) is 30.9 Å². The summed E-state index contributed by atoms with van der Waals surface area (Å²) in [6, 6.07) is 7.43. The largest absolute Gasteiger partial charge is 0.214 e. The van der Waals surface area contributed by atoms with Gasteiger partial charge in [-0.25, -0.2) is 8.42 Å². The maximum Gasteiger partial charge on any atom is 0.214 e. The molecule has 0 amide bonds. The van der Waals surface area contributed by atoms with Crippen LogP contribution in [0.15, 0.2) is 24.3 Å². The molecule has 0 radical (unpaired) electrons. The normalized spacial score (nSPS) is 21.3. The van der Waals surface area contributed by atoms with Crippen molar-refractivity contribution >= 4 is 21.6 Å². The number of halogens is 1. The van der Waals surface area contributed by atoms with Gasteiger partial charge in [0.2, 0.25) is 10.0 Å². The molecule has 0 aliphatic carbocycles. The molecule has 18 heavy (non-hydrogen) atoms. The standard InChI is InChI=1S/C13H18ClNO2S/c1-2-10-18(16,17)15-9-5-8-13(15)11-6-3-4-7-12(11)14/h3-4,6-7,13H,2,5,8-10H2,1H3/t13-/m1/s1. The van der Waals surface area contributed by atoms with Crippen molar-refractivity contribution in [2.75, 3.05) is 12.3 Å². The molecule has 0 saturated carbocycles. The van der Waals surface area contributed by atoms with Gasteiger partial charge in [0.15, 0.2) is 0 Å². The number of hydrogen-bond acceptors (Lipinski definition) is 2. The lowest BCUT2D eigenvalue weighted by molar-refractivity contribution is 0.396. The van der Waals surface area contributed by atoms with Crippen molar-refractivity contribution in [1.82, 2.24) is 4.31 Å². The second-order valence-corrected chi connectivity index (χ2v) is 7.05. The molecule has 1 fully saturated rings. The first-order chi connectivity index (χ1) is 8.56. The van der Waals surface area contributed by atoms with Crippen LogP contribution in [-0.2, 0) is 10.0 Å². The molecule has 0 spiro atoms. The van der Waals surface area contributed by atoms with Crippen LogP contribution in [0.4, 0.5) is 0 Å². The van der Waals surface area contributed by atoms with Crippen LogP contribution in [0.1, 0.15) is 37.8 Å². The van der Waals surface area contributed by atoms with Crippen LogP contribution in [0.25, 0.3) is 0 Å². The minimum absolute atomic E-state index is 0.0877. The Balaban J connectivity index is 2.31. The van der Waals surface area contributed by atoms with E-state index in [1.807, 2.05) is 31.2 Å². The van der Waals surface area contributed by atoms with Crippen molar-refractivity contribution in [3.05, 3.63) is 34.9 Å². The Bertz CT molecular complexity index is 515. The maximum atomic E-state index is 12.2. The fourth-order valence-corrected chi connectivity index (χ4v) is 4.53. The average Bonchev–Trinajstić information content (AvgIpc) is 2.79. The van der Waals surface area contributed by atoms with E-state index < -0.39 is 10.0 Å². The van der Waals surface area contributed by atoms with Gasteiger partial charge >= 0.3 is 0 Å². The highest BCUT2D eigenvalue weighted by Gasteiger charge is 2.35. The first kappa shape index (κ1) is 13.8. The highest BCUT2D eigenvalue weighted by Crippen LogP contribution is 2.37. The Kier molecular flexibility index (Phi) is 4.30. The highest BCUT2D eigenvalue weighted by atomic mass is 35.5. The van der Waals surface area contributed by atoms with Crippen molar-refractivity contribution in [3.63, 3.8) is 0 Å². The zero-order valence-electron chi connectivity index (χ0n) is 10.5. The third-order valence-electron chi connectivity index (χ3n) is 3.29. The summed E-state index contributed by atoms with van der Waals surface area (Å²) >= 11 is 6.18. The molecule has 0 unspecified atom stereocenters. The number of benzene rings is 1. The minimum atomic E-state index is -3.15. The van der Waals surface area contributed by atoms with Gasteiger partial charge < -0.3 is 0 Å². The predicted molar refractivity (Wildman–Crippen MR) is 74.2 cm³/mol. The summed E-state index contributed by atoms with van der Waals surface area (Å²) in [7, 11) is -3.15. The fourth-order valence-electron chi connectivity index (χ4n) is 2.50. The van der Waals surface area contributed by atoms with E-state index in [2.05, 4.69) is 0 Å². The third-order valence-corrected chi connectivity index (χ3v) is 5.71. The van der Waals surface area contributed by atoms with Crippen molar-refractivity contribution in [1.29, 1.82) is 0 Å². The smallest absolute Gasteiger partial charge is 0.212 e. The van der Waals surface area contributed by atoms with Crippen LogP contribution in [0.5, 0.6) is 0 Å². The van der Waals surface area contributed by atoms with E-state index in [9.17, 15) is 8.42 Å². The number of rotatable bonds is 4. The van der Waals surface area contributed by atoms with E-state index in [0.29, 0.717) is 18.0 Å². The number of hydrogen-bond donors (Lipinski definition) is 0. The van der Waals surface area contributed by atoms with Crippen LogP contribution in [0.2, 0.25) is 5.02 Å². The van der Waals surface area contributed by atoms with Gasteiger partial charge in [-0.15, -0.1) is 0 Å². The number of nitrogens with zero attached hydrogens (tertiary/aromatic N) is 1. The lowest BCUT2D eigenvalue weighted by Gasteiger charge is -2.24.